The van der Waals surface area contributed by atoms with Crippen LogP contribution < -0.4 is 4.90 Å². The molecule has 0 bridgehead atoms. The topological polar surface area (TPSA) is 40.5 Å². The van der Waals surface area contributed by atoms with E-state index in [0.29, 0.717) is 10.5 Å². The van der Waals surface area contributed by atoms with Gasteiger partial charge in [0.15, 0.2) is 0 Å². The fourth-order valence-corrected chi connectivity index (χ4v) is 2.21. The molecule has 0 aromatic heterocycles. The number of fused-ring (bicyclic) bond motifs is 1. The van der Waals surface area contributed by atoms with Gasteiger partial charge >= 0.3 is 12.1 Å². The van der Waals surface area contributed by atoms with E-state index in [9.17, 15) is 23.1 Å². The zero-order chi connectivity index (χ0) is 13.6. The van der Waals surface area contributed by atoms with Crippen LogP contribution in [0.3, 0.4) is 0 Å². The lowest BCUT2D eigenvalue weighted by molar-refractivity contribution is -0.170. The third-order valence-electron chi connectivity index (χ3n) is 3.19. The standard InChI is InChI=1S/C12H12F3NO2/c1-11(7-17)6-16(10(18)12(13,14)15)9-5-3-2-4-8(9)11/h2-5,17H,6-7H2,1H3. The summed E-state index contributed by atoms with van der Waals surface area (Å²) in [5.74, 6) is -1.90. The average molecular weight is 259 g/mol. The Bertz CT molecular complexity index is 486. The van der Waals surface area contributed by atoms with Crippen molar-refractivity contribution in [3.05, 3.63) is 29.8 Å². The van der Waals surface area contributed by atoms with Crippen LogP contribution in [0.1, 0.15) is 12.5 Å². The molecular weight excluding hydrogens is 247 g/mol. The van der Waals surface area contributed by atoms with Crippen LogP contribution in [0.15, 0.2) is 24.3 Å². The second kappa shape index (κ2) is 3.98. The summed E-state index contributed by atoms with van der Waals surface area (Å²) in [5.41, 5.74) is -0.0706. The Labute approximate surface area is 102 Å². The first-order valence-electron chi connectivity index (χ1n) is 5.39. The van der Waals surface area contributed by atoms with Crippen LogP contribution in [0.25, 0.3) is 0 Å². The fourth-order valence-electron chi connectivity index (χ4n) is 2.21. The summed E-state index contributed by atoms with van der Waals surface area (Å²) in [4.78, 5) is 12.0. The molecule has 1 atom stereocenters. The Morgan fingerprint density at radius 2 is 2.06 bits per heavy atom. The van der Waals surface area contributed by atoms with Crippen LogP contribution in [-0.4, -0.2) is 30.3 Å². The van der Waals surface area contributed by atoms with Gasteiger partial charge in [-0.15, -0.1) is 0 Å². The molecule has 0 saturated heterocycles. The molecule has 2 rings (SSSR count). The van der Waals surface area contributed by atoms with Gasteiger partial charge in [-0.25, -0.2) is 0 Å². The Morgan fingerprint density at radius 3 is 2.61 bits per heavy atom. The van der Waals surface area contributed by atoms with E-state index < -0.39 is 17.5 Å². The molecule has 1 aromatic rings. The fraction of sp³-hybridized carbons (Fsp3) is 0.417. The molecule has 1 aromatic carbocycles. The number of hydrogen-bond acceptors (Lipinski definition) is 2. The lowest BCUT2D eigenvalue weighted by Crippen LogP contribution is -2.43. The number of hydrogen-bond donors (Lipinski definition) is 1. The first-order chi connectivity index (χ1) is 8.29. The molecule has 0 saturated carbocycles. The van der Waals surface area contributed by atoms with Gasteiger partial charge in [-0.05, 0) is 11.6 Å². The van der Waals surface area contributed by atoms with Crippen LogP contribution in [0.5, 0.6) is 0 Å². The maximum Gasteiger partial charge on any atom is 0.471 e. The highest BCUT2D eigenvalue weighted by atomic mass is 19.4. The molecule has 18 heavy (non-hydrogen) atoms. The highest BCUT2D eigenvalue weighted by molar-refractivity contribution is 5.99. The zero-order valence-corrected chi connectivity index (χ0v) is 9.66. The van der Waals surface area contributed by atoms with Crippen LogP contribution >= 0.6 is 0 Å². The molecule has 6 heteroatoms. The first-order valence-corrected chi connectivity index (χ1v) is 5.39. The van der Waals surface area contributed by atoms with Crippen molar-refractivity contribution in [2.75, 3.05) is 18.1 Å². The van der Waals surface area contributed by atoms with Crippen molar-refractivity contribution < 1.29 is 23.1 Å². The van der Waals surface area contributed by atoms with Crippen molar-refractivity contribution in [2.45, 2.75) is 18.5 Å². The third-order valence-corrected chi connectivity index (χ3v) is 3.19. The van der Waals surface area contributed by atoms with Crippen molar-refractivity contribution in [3.63, 3.8) is 0 Å². The number of benzene rings is 1. The van der Waals surface area contributed by atoms with Crippen molar-refractivity contribution in [1.29, 1.82) is 0 Å². The smallest absolute Gasteiger partial charge is 0.395 e. The number of nitrogens with zero attached hydrogens (tertiary/aromatic N) is 1. The van der Waals surface area contributed by atoms with Gasteiger partial charge in [-0.1, -0.05) is 25.1 Å². The van der Waals surface area contributed by atoms with Gasteiger partial charge in [-0.3, -0.25) is 4.79 Å². The summed E-state index contributed by atoms with van der Waals surface area (Å²) < 4.78 is 37.5. The molecule has 0 radical (unpaired) electrons. The van der Waals surface area contributed by atoms with E-state index in [-0.39, 0.29) is 18.8 Å². The van der Waals surface area contributed by atoms with E-state index in [0.717, 1.165) is 0 Å². The Morgan fingerprint density at radius 1 is 1.44 bits per heavy atom. The summed E-state index contributed by atoms with van der Waals surface area (Å²) in [6.07, 6.45) is -4.91. The molecule has 1 aliphatic rings. The van der Waals surface area contributed by atoms with Gasteiger partial charge in [0.1, 0.15) is 0 Å². The van der Waals surface area contributed by atoms with Gasteiger partial charge in [0.05, 0.1) is 6.61 Å². The minimum atomic E-state index is -4.91. The van der Waals surface area contributed by atoms with Crippen molar-refractivity contribution in [3.8, 4) is 0 Å². The lowest BCUT2D eigenvalue weighted by atomic mass is 9.86. The Kier molecular flexibility index (Phi) is 2.85. The quantitative estimate of drug-likeness (QED) is 0.836. The third kappa shape index (κ3) is 1.86. The van der Waals surface area contributed by atoms with Gasteiger partial charge in [0, 0.05) is 17.6 Å². The SMILES string of the molecule is CC1(CO)CN(C(=O)C(F)(F)F)c2ccccc21. The number of aliphatic hydroxyl groups excluding tert-OH is 1. The summed E-state index contributed by atoms with van der Waals surface area (Å²) in [6, 6.07) is 6.34. The van der Waals surface area contributed by atoms with Crippen LogP contribution in [0.2, 0.25) is 0 Å². The van der Waals surface area contributed by atoms with E-state index in [4.69, 9.17) is 0 Å². The lowest BCUT2D eigenvalue weighted by Gasteiger charge is -2.23. The van der Waals surface area contributed by atoms with E-state index in [2.05, 4.69) is 0 Å². The van der Waals surface area contributed by atoms with Gasteiger partial charge in [0.25, 0.3) is 0 Å². The monoisotopic (exact) mass is 259 g/mol. The molecule has 0 spiro atoms. The molecule has 1 heterocycles. The minimum Gasteiger partial charge on any atom is -0.395 e. The summed E-state index contributed by atoms with van der Waals surface area (Å²) >= 11 is 0. The normalized spacial score (nSPS) is 23.1. The predicted octanol–water partition coefficient (Wildman–Crippen LogP) is 1.85. The summed E-state index contributed by atoms with van der Waals surface area (Å²) in [6.45, 7) is 1.16. The van der Waals surface area contributed by atoms with E-state index >= 15 is 0 Å². The molecule has 0 fully saturated rings. The summed E-state index contributed by atoms with van der Waals surface area (Å²) in [5, 5.41) is 9.36. The number of alkyl halides is 3. The highest BCUT2D eigenvalue weighted by Gasteiger charge is 2.49. The van der Waals surface area contributed by atoms with E-state index in [1.54, 1.807) is 25.1 Å². The van der Waals surface area contributed by atoms with Crippen LogP contribution in [0, 0.1) is 0 Å². The number of rotatable bonds is 1. The van der Waals surface area contributed by atoms with Gasteiger partial charge in [0.2, 0.25) is 0 Å². The molecule has 3 nitrogen and oxygen atoms in total. The van der Waals surface area contributed by atoms with Crippen LogP contribution in [-0.2, 0) is 10.2 Å². The first kappa shape index (κ1) is 12.9. The van der Waals surface area contributed by atoms with E-state index in [1.165, 1.54) is 6.07 Å². The molecule has 1 unspecified atom stereocenters. The maximum absolute atomic E-state index is 12.5. The Hall–Kier alpha value is -1.56. The highest BCUT2D eigenvalue weighted by Crippen LogP contribution is 2.41. The average Bonchev–Trinajstić information content (AvgIpc) is 2.62. The molecule has 1 N–H and O–H groups in total. The van der Waals surface area contributed by atoms with Crippen molar-refractivity contribution in [2.24, 2.45) is 0 Å². The molecule has 98 valence electrons. The molecule has 0 aliphatic carbocycles. The predicted molar refractivity (Wildman–Crippen MR) is 59.3 cm³/mol. The Balaban J connectivity index is 2.47. The number of aliphatic hydroxyl groups is 1. The van der Waals surface area contributed by atoms with Crippen molar-refractivity contribution in [1.82, 2.24) is 0 Å². The second-order valence-electron chi connectivity index (χ2n) is 4.62. The van der Waals surface area contributed by atoms with Crippen molar-refractivity contribution >= 4 is 11.6 Å². The number of para-hydroxylation sites is 1. The molecular formula is C12H12F3NO2. The maximum atomic E-state index is 12.5. The number of halogens is 3. The largest absolute Gasteiger partial charge is 0.471 e. The number of carbonyl (C=O) groups excluding carboxylic acids is 1. The minimum absolute atomic E-state index is 0.165. The zero-order valence-electron chi connectivity index (χ0n) is 9.66. The number of anilines is 1. The number of amides is 1. The van der Waals surface area contributed by atoms with Gasteiger partial charge < -0.3 is 10.0 Å². The second-order valence-corrected chi connectivity index (χ2v) is 4.62. The molecule has 1 amide bonds. The number of carbonyl (C=O) groups is 1. The van der Waals surface area contributed by atoms with E-state index in [1.807, 2.05) is 0 Å². The van der Waals surface area contributed by atoms with Crippen LogP contribution in [0.4, 0.5) is 18.9 Å². The summed E-state index contributed by atoms with van der Waals surface area (Å²) in [7, 11) is 0. The molecule has 1 aliphatic heterocycles. The van der Waals surface area contributed by atoms with Gasteiger partial charge in [-0.2, -0.15) is 13.2 Å².